The summed E-state index contributed by atoms with van der Waals surface area (Å²) in [5.41, 5.74) is 5.13. The number of amides is 2. The fourth-order valence-corrected chi connectivity index (χ4v) is 2.44. The Bertz CT molecular complexity index is 545. The molecule has 3 N–H and O–H groups in total. The monoisotopic (exact) mass is 297 g/mol. The first-order valence-electron chi connectivity index (χ1n) is 6.70. The van der Waals surface area contributed by atoms with Crippen molar-refractivity contribution in [2.75, 3.05) is 19.6 Å². The molecule has 0 bridgehead atoms. The molecule has 1 fully saturated rings. The van der Waals surface area contributed by atoms with Crippen molar-refractivity contribution in [1.82, 2.24) is 10.2 Å². The lowest BCUT2D eigenvalue weighted by Gasteiger charge is -2.27. The number of hydrogen-bond acceptors (Lipinski definition) is 3. The van der Waals surface area contributed by atoms with Gasteiger partial charge in [0.05, 0.1) is 13.0 Å². The quantitative estimate of drug-likeness (QED) is 0.814. The molecule has 1 unspecified atom stereocenters. The van der Waals surface area contributed by atoms with Crippen LogP contribution in [-0.4, -0.2) is 42.4 Å². The van der Waals surface area contributed by atoms with Crippen LogP contribution < -0.4 is 11.1 Å². The molecule has 1 aliphatic rings. The van der Waals surface area contributed by atoms with E-state index in [9.17, 15) is 18.4 Å². The average Bonchev–Trinajstić information content (AvgIpc) is 2.94. The second-order valence-electron chi connectivity index (χ2n) is 5.02. The zero-order valence-electron chi connectivity index (χ0n) is 11.4. The number of primary amides is 1. The van der Waals surface area contributed by atoms with Gasteiger partial charge in [-0.1, -0.05) is 12.1 Å². The SMILES string of the molecule is NC(=O)CN(C(=O)Cc1cccc(F)c1F)C1CCNC1. The van der Waals surface area contributed by atoms with E-state index in [4.69, 9.17) is 5.73 Å². The van der Waals surface area contributed by atoms with Crippen LogP contribution >= 0.6 is 0 Å². The van der Waals surface area contributed by atoms with E-state index in [2.05, 4.69) is 5.32 Å². The van der Waals surface area contributed by atoms with E-state index in [1.807, 2.05) is 0 Å². The maximum absolute atomic E-state index is 13.6. The number of nitrogens with zero attached hydrogens (tertiary/aromatic N) is 1. The minimum Gasteiger partial charge on any atom is -0.368 e. The van der Waals surface area contributed by atoms with Crippen molar-refractivity contribution in [3.63, 3.8) is 0 Å². The van der Waals surface area contributed by atoms with Crippen LogP contribution in [0.15, 0.2) is 18.2 Å². The van der Waals surface area contributed by atoms with E-state index in [-0.39, 0.29) is 24.6 Å². The van der Waals surface area contributed by atoms with Crippen LogP contribution in [0, 0.1) is 11.6 Å². The smallest absolute Gasteiger partial charge is 0.237 e. The minimum atomic E-state index is -1.03. The van der Waals surface area contributed by atoms with Gasteiger partial charge < -0.3 is 16.0 Å². The molecule has 21 heavy (non-hydrogen) atoms. The van der Waals surface area contributed by atoms with E-state index in [0.29, 0.717) is 13.0 Å². The first-order chi connectivity index (χ1) is 9.99. The molecule has 1 atom stereocenters. The van der Waals surface area contributed by atoms with Crippen molar-refractivity contribution in [3.05, 3.63) is 35.4 Å². The molecule has 1 heterocycles. The largest absolute Gasteiger partial charge is 0.368 e. The van der Waals surface area contributed by atoms with Gasteiger partial charge >= 0.3 is 0 Å². The predicted molar refractivity (Wildman–Crippen MR) is 72.2 cm³/mol. The van der Waals surface area contributed by atoms with Crippen LogP contribution in [0.2, 0.25) is 0 Å². The van der Waals surface area contributed by atoms with E-state index in [1.165, 1.54) is 17.0 Å². The summed E-state index contributed by atoms with van der Waals surface area (Å²) in [6.45, 7) is 1.08. The van der Waals surface area contributed by atoms with Crippen LogP contribution in [0.3, 0.4) is 0 Å². The fraction of sp³-hybridized carbons (Fsp3) is 0.429. The Balaban J connectivity index is 2.14. The highest BCUT2D eigenvalue weighted by Gasteiger charge is 2.28. The fourth-order valence-electron chi connectivity index (χ4n) is 2.44. The third-order valence-electron chi connectivity index (χ3n) is 3.49. The minimum absolute atomic E-state index is 0.0274. The molecule has 1 aromatic carbocycles. The number of carbonyl (C=O) groups excluding carboxylic acids is 2. The Kier molecular flexibility index (Phi) is 4.85. The summed E-state index contributed by atoms with van der Waals surface area (Å²) in [6, 6.07) is 3.54. The summed E-state index contributed by atoms with van der Waals surface area (Å²) in [5, 5.41) is 3.09. The van der Waals surface area contributed by atoms with Crippen molar-refractivity contribution in [1.29, 1.82) is 0 Å². The summed E-state index contributed by atoms with van der Waals surface area (Å²) in [5.74, 6) is -3.10. The lowest BCUT2D eigenvalue weighted by molar-refractivity contribution is -0.136. The number of carbonyl (C=O) groups is 2. The van der Waals surface area contributed by atoms with Crippen molar-refractivity contribution in [2.45, 2.75) is 18.9 Å². The summed E-state index contributed by atoms with van der Waals surface area (Å²) in [6.07, 6.45) is 0.401. The molecular weight excluding hydrogens is 280 g/mol. The molecule has 0 aliphatic carbocycles. The number of halogens is 2. The number of rotatable bonds is 5. The Morgan fingerprint density at radius 3 is 2.76 bits per heavy atom. The van der Waals surface area contributed by atoms with Crippen molar-refractivity contribution in [2.24, 2.45) is 5.73 Å². The molecular formula is C14H17F2N3O2. The van der Waals surface area contributed by atoms with Gasteiger partial charge in [0, 0.05) is 18.2 Å². The normalized spacial score (nSPS) is 17.7. The lowest BCUT2D eigenvalue weighted by atomic mass is 10.1. The summed E-state index contributed by atoms with van der Waals surface area (Å²) in [4.78, 5) is 24.8. The maximum Gasteiger partial charge on any atom is 0.237 e. The summed E-state index contributed by atoms with van der Waals surface area (Å²) < 4.78 is 26.8. The second-order valence-corrected chi connectivity index (χ2v) is 5.02. The van der Waals surface area contributed by atoms with E-state index in [0.717, 1.165) is 12.6 Å². The first kappa shape index (κ1) is 15.4. The number of hydrogen-bond donors (Lipinski definition) is 2. The Morgan fingerprint density at radius 2 is 2.14 bits per heavy atom. The van der Waals surface area contributed by atoms with Gasteiger partial charge in [-0.15, -0.1) is 0 Å². The highest BCUT2D eigenvalue weighted by Crippen LogP contribution is 2.15. The van der Waals surface area contributed by atoms with Crippen LogP contribution in [0.4, 0.5) is 8.78 Å². The van der Waals surface area contributed by atoms with Crippen LogP contribution in [0.1, 0.15) is 12.0 Å². The number of nitrogens with one attached hydrogen (secondary N) is 1. The average molecular weight is 297 g/mol. The number of nitrogens with two attached hydrogens (primary N) is 1. The van der Waals surface area contributed by atoms with Crippen LogP contribution in [-0.2, 0) is 16.0 Å². The third kappa shape index (κ3) is 3.75. The highest BCUT2D eigenvalue weighted by molar-refractivity contribution is 5.85. The third-order valence-corrected chi connectivity index (χ3v) is 3.49. The zero-order valence-corrected chi connectivity index (χ0v) is 11.4. The lowest BCUT2D eigenvalue weighted by Crippen LogP contribution is -2.46. The molecule has 0 radical (unpaired) electrons. The first-order valence-corrected chi connectivity index (χ1v) is 6.70. The van der Waals surface area contributed by atoms with Crippen molar-refractivity contribution >= 4 is 11.8 Å². The van der Waals surface area contributed by atoms with E-state index in [1.54, 1.807) is 0 Å². The zero-order chi connectivity index (χ0) is 15.4. The topological polar surface area (TPSA) is 75.4 Å². The Morgan fingerprint density at radius 1 is 1.38 bits per heavy atom. The van der Waals surface area contributed by atoms with E-state index >= 15 is 0 Å². The van der Waals surface area contributed by atoms with Crippen molar-refractivity contribution in [3.8, 4) is 0 Å². The van der Waals surface area contributed by atoms with Gasteiger partial charge in [0.1, 0.15) is 0 Å². The van der Waals surface area contributed by atoms with Crippen molar-refractivity contribution < 1.29 is 18.4 Å². The molecule has 1 aromatic rings. The predicted octanol–water partition coefficient (Wildman–Crippen LogP) is 0.183. The second kappa shape index (κ2) is 6.62. The van der Waals surface area contributed by atoms with Gasteiger partial charge in [-0.25, -0.2) is 8.78 Å². The standard InChI is InChI=1S/C14H17F2N3O2/c15-11-3-1-2-9(14(11)16)6-13(21)19(8-12(17)20)10-4-5-18-7-10/h1-3,10,18H,4-8H2,(H2,17,20). The van der Waals surface area contributed by atoms with Gasteiger partial charge in [-0.05, 0) is 19.0 Å². The molecule has 7 heteroatoms. The molecule has 1 saturated heterocycles. The Labute approximate surface area is 121 Å². The molecule has 2 amide bonds. The van der Waals surface area contributed by atoms with Gasteiger partial charge in [0.2, 0.25) is 11.8 Å². The number of benzene rings is 1. The van der Waals surface area contributed by atoms with Gasteiger partial charge in [-0.3, -0.25) is 9.59 Å². The highest BCUT2D eigenvalue weighted by atomic mass is 19.2. The van der Waals surface area contributed by atoms with E-state index < -0.39 is 23.4 Å². The summed E-state index contributed by atoms with van der Waals surface area (Å²) in [7, 11) is 0. The molecule has 0 aromatic heterocycles. The Hall–Kier alpha value is -2.02. The molecule has 5 nitrogen and oxygen atoms in total. The van der Waals surface area contributed by atoms with Gasteiger partial charge in [0.25, 0.3) is 0 Å². The molecule has 2 rings (SSSR count). The molecule has 0 spiro atoms. The van der Waals surface area contributed by atoms with Gasteiger partial charge in [-0.2, -0.15) is 0 Å². The summed E-state index contributed by atoms with van der Waals surface area (Å²) >= 11 is 0. The molecule has 0 saturated carbocycles. The molecule has 114 valence electrons. The van der Waals surface area contributed by atoms with Crippen LogP contribution in [0.5, 0.6) is 0 Å². The molecule has 1 aliphatic heterocycles. The van der Waals surface area contributed by atoms with Crippen LogP contribution in [0.25, 0.3) is 0 Å². The van der Waals surface area contributed by atoms with Gasteiger partial charge in [0.15, 0.2) is 11.6 Å². The maximum atomic E-state index is 13.6.